The Morgan fingerprint density at radius 3 is 2.30 bits per heavy atom. The molecule has 1 aliphatic rings. The molecule has 2 amide bonds. The summed E-state index contributed by atoms with van der Waals surface area (Å²) < 4.78 is 3.30. The molecular formula is C25H39N5O2S. The highest BCUT2D eigenvalue weighted by atomic mass is 32.2. The number of hydrogen-bond acceptors (Lipinski definition) is 6. The summed E-state index contributed by atoms with van der Waals surface area (Å²) in [6.07, 6.45) is 6.95. The molecule has 7 nitrogen and oxygen atoms in total. The summed E-state index contributed by atoms with van der Waals surface area (Å²) in [7, 11) is 0. The Kier molecular flexibility index (Phi) is 11.5. The van der Waals surface area contributed by atoms with Crippen molar-refractivity contribution in [2.24, 2.45) is 5.73 Å². The lowest BCUT2D eigenvalue weighted by Crippen LogP contribution is -2.56. The monoisotopic (exact) mass is 473 g/mol. The molecule has 8 heteroatoms. The van der Waals surface area contributed by atoms with Crippen LogP contribution >= 0.6 is 11.9 Å². The quantitative estimate of drug-likeness (QED) is 0.245. The second kappa shape index (κ2) is 14.1. The molecule has 33 heavy (non-hydrogen) atoms. The summed E-state index contributed by atoms with van der Waals surface area (Å²) in [5.41, 5.74) is 8.61. The van der Waals surface area contributed by atoms with Gasteiger partial charge in [-0.1, -0.05) is 24.3 Å². The second-order valence-electron chi connectivity index (χ2n) is 8.26. The Hall–Kier alpha value is -2.29. The maximum absolute atomic E-state index is 13.1. The first-order valence-electron chi connectivity index (χ1n) is 11.7. The van der Waals surface area contributed by atoms with Crippen LogP contribution in [0.15, 0.2) is 49.6 Å². The molecule has 1 aromatic carbocycles. The SMILES string of the molecule is C=CCN(CC=C)C(=O)C(N)[C@H](SNc1ccc(CCN2CCCC2)cc1)N(CC)C(C)=O. The van der Waals surface area contributed by atoms with Gasteiger partial charge in [-0.05, 0) is 68.9 Å². The number of nitrogens with two attached hydrogens (primary N) is 1. The van der Waals surface area contributed by atoms with Crippen molar-refractivity contribution in [3.63, 3.8) is 0 Å². The predicted molar refractivity (Wildman–Crippen MR) is 139 cm³/mol. The number of anilines is 1. The van der Waals surface area contributed by atoms with E-state index in [4.69, 9.17) is 5.73 Å². The summed E-state index contributed by atoms with van der Waals surface area (Å²) >= 11 is 1.29. The Bertz CT molecular complexity index is 770. The van der Waals surface area contributed by atoms with Gasteiger partial charge in [0.15, 0.2) is 0 Å². The van der Waals surface area contributed by atoms with E-state index < -0.39 is 11.4 Å². The number of rotatable bonds is 14. The highest BCUT2D eigenvalue weighted by molar-refractivity contribution is 8.01. The van der Waals surface area contributed by atoms with Crippen LogP contribution in [0.25, 0.3) is 0 Å². The first-order chi connectivity index (χ1) is 15.9. The number of carbonyl (C=O) groups excluding carboxylic acids is 2. The van der Waals surface area contributed by atoms with E-state index in [0.29, 0.717) is 19.6 Å². The molecule has 0 aromatic heterocycles. The van der Waals surface area contributed by atoms with Gasteiger partial charge in [0.25, 0.3) is 0 Å². The van der Waals surface area contributed by atoms with Gasteiger partial charge in [-0.25, -0.2) is 0 Å². The molecule has 3 N–H and O–H groups in total. The maximum atomic E-state index is 13.1. The highest BCUT2D eigenvalue weighted by Gasteiger charge is 2.34. The summed E-state index contributed by atoms with van der Waals surface area (Å²) in [6.45, 7) is 15.5. The average molecular weight is 474 g/mol. The number of nitrogens with one attached hydrogen (secondary N) is 1. The van der Waals surface area contributed by atoms with Gasteiger partial charge >= 0.3 is 0 Å². The number of likely N-dealkylation sites (tertiary alicyclic amines) is 1. The smallest absolute Gasteiger partial charge is 0.243 e. The first-order valence-corrected chi connectivity index (χ1v) is 12.6. The summed E-state index contributed by atoms with van der Waals surface area (Å²) in [5.74, 6) is -0.373. The Labute approximate surface area is 203 Å². The molecule has 2 atom stereocenters. The molecule has 1 saturated heterocycles. The van der Waals surface area contributed by atoms with Crippen LogP contribution in [-0.2, 0) is 16.0 Å². The van der Waals surface area contributed by atoms with Crippen molar-refractivity contribution in [2.45, 2.75) is 44.5 Å². The maximum Gasteiger partial charge on any atom is 0.243 e. The number of likely N-dealkylation sites (N-methyl/N-ethyl adjacent to an activating group) is 1. The topological polar surface area (TPSA) is 81.9 Å². The normalized spacial score (nSPS) is 15.5. The Morgan fingerprint density at radius 2 is 1.79 bits per heavy atom. The van der Waals surface area contributed by atoms with Crippen LogP contribution in [0, 0.1) is 0 Å². The lowest BCUT2D eigenvalue weighted by Gasteiger charge is -2.35. The van der Waals surface area contributed by atoms with E-state index in [1.165, 1.54) is 50.4 Å². The van der Waals surface area contributed by atoms with Gasteiger partial charge in [-0.2, -0.15) is 0 Å². The van der Waals surface area contributed by atoms with Crippen LogP contribution in [0.5, 0.6) is 0 Å². The van der Waals surface area contributed by atoms with Crippen LogP contribution in [0.1, 0.15) is 32.3 Å². The molecule has 0 spiro atoms. The minimum atomic E-state index is -0.897. The Balaban J connectivity index is 2.05. The van der Waals surface area contributed by atoms with Crippen LogP contribution in [0.4, 0.5) is 5.69 Å². The number of amides is 2. The largest absolute Gasteiger partial charge is 0.334 e. The predicted octanol–water partition coefficient (Wildman–Crippen LogP) is 3.11. The van der Waals surface area contributed by atoms with Crippen LogP contribution in [0.2, 0.25) is 0 Å². The van der Waals surface area contributed by atoms with Crippen molar-refractivity contribution in [1.29, 1.82) is 0 Å². The molecule has 1 aromatic rings. The van der Waals surface area contributed by atoms with Gasteiger partial charge in [-0.15, -0.1) is 13.2 Å². The molecule has 0 bridgehead atoms. The fraction of sp³-hybridized carbons (Fsp3) is 0.520. The van der Waals surface area contributed by atoms with Gasteiger partial charge in [0, 0.05) is 38.8 Å². The zero-order valence-electron chi connectivity index (χ0n) is 20.0. The molecule has 1 fully saturated rings. The minimum Gasteiger partial charge on any atom is -0.334 e. The van der Waals surface area contributed by atoms with Gasteiger partial charge in [-0.3, -0.25) is 9.59 Å². The van der Waals surface area contributed by atoms with Gasteiger partial charge in [0.2, 0.25) is 11.8 Å². The Morgan fingerprint density at radius 1 is 1.18 bits per heavy atom. The molecule has 1 aliphatic heterocycles. The molecular weight excluding hydrogens is 434 g/mol. The summed E-state index contributed by atoms with van der Waals surface area (Å²) in [4.78, 5) is 31.0. The zero-order valence-corrected chi connectivity index (χ0v) is 20.9. The number of carbonyl (C=O) groups is 2. The molecule has 0 radical (unpaired) electrons. The van der Waals surface area contributed by atoms with E-state index in [9.17, 15) is 9.59 Å². The lowest BCUT2D eigenvalue weighted by molar-refractivity contribution is -0.134. The summed E-state index contributed by atoms with van der Waals surface area (Å²) in [6, 6.07) is 7.41. The lowest BCUT2D eigenvalue weighted by atomic mass is 10.1. The highest BCUT2D eigenvalue weighted by Crippen LogP contribution is 2.23. The van der Waals surface area contributed by atoms with E-state index >= 15 is 0 Å². The minimum absolute atomic E-state index is 0.128. The van der Waals surface area contributed by atoms with Gasteiger partial charge in [0.05, 0.1) is 0 Å². The average Bonchev–Trinajstić information content (AvgIpc) is 3.33. The van der Waals surface area contributed by atoms with Crippen molar-refractivity contribution < 1.29 is 9.59 Å². The van der Waals surface area contributed by atoms with Crippen molar-refractivity contribution in [1.82, 2.24) is 14.7 Å². The van der Waals surface area contributed by atoms with Crippen LogP contribution in [0.3, 0.4) is 0 Å². The third-order valence-corrected chi connectivity index (χ3v) is 6.96. The van der Waals surface area contributed by atoms with Crippen molar-refractivity contribution >= 4 is 29.4 Å². The van der Waals surface area contributed by atoms with Gasteiger partial charge < -0.3 is 25.2 Å². The summed E-state index contributed by atoms with van der Waals surface area (Å²) in [5, 5.41) is -0.563. The third-order valence-electron chi connectivity index (χ3n) is 5.82. The molecule has 1 heterocycles. The van der Waals surface area contributed by atoms with Crippen molar-refractivity contribution in [2.75, 3.05) is 44.0 Å². The first kappa shape index (κ1) is 27.0. The van der Waals surface area contributed by atoms with E-state index in [1.54, 1.807) is 22.0 Å². The van der Waals surface area contributed by atoms with E-state index in [1.807, 2.05) is 19.1 Å². The fourth-order valence-corrected chi connectivity index (χ4v) is 5.05. The number of hydrogen-bond donors (Lipinski definition) is 2. The van der Waals surface area contributed by atoms with Crippen LogP contribution in [-0.4, -0.2) is 77.2 Å². The molecule has 2 rings (SSSR count). The number of benzene rings is 1. The van der Waals surface area contributed by atoms with Crippen molar-refractivity contribution in [3.8, 4) is 0 Å². The van der Waals surface area contributed by atoms with E-state index in [2.05, 4.69) is 34.9 Å². The molecule has 182 valence electrons. The fourth-order valence-electron chi connectivity index (χ4n) is 3.97. The van der Waals surface area contributed by atoms with Gasteiger partial charge in [0.1, 0.15) is 11.4 Å². The standard InChI is InChI=1S/C25H39N5O2S/c1-5-15-29(16-6-2)24(32)23(26)25(30(7-3)20(4)31)33-27-22-12-10-21(11-13-22)14-19-28-17-8-9-18-28/h5-6,10-13,23,25,27H,1-2,7-9,14-19,26H2,3-4H3/t23?,25-/m0/s1. The molecule has 1 unspecified atom stereocenters. The zero-order chi connectivity index (χ0) is 24.2. The second-order valence-corrected chi connectivity index (χ2v) is 9.18. The number of nitrogens with zero attached hydrogens (tertiary/aromatic N) is 3. The molecule has 0 saturated carbocycles. The third kappa shape index (κ3) is 8.21. The van der Waals surface area contributed by atoms with Crippen molar-refractivity contribution in [3.05, 3.63) is 55.1 Å². The molecule has 0 aliphatic carbocycles. The van der Waals surface area contributed by atoms with E-state index in [-0.39, 0.29) is 11.8 Å². The van der Waals surface area contributed by atoms with E-state index in [0.717, 1.165) is 18.7 Å². The van der Waals surface area contributed by atoms with Crippen LogP contribution < -0.4 is 10.5 Å².